The fourth-order valence-electron chi connectivity index (χ4n) is 4.04. The molecule has 0 heterocycles. The van der Waals surface area contributed by atoms with Gasteiger partial charge in [-0.3, -0.25) is 4.79 Å². The number of carboxylic acids is 1. The molecule has 0 radical (unpaired) electrons. The summed E-state index contributed by atoms with van der Waals surface area (Å²) in [5, 5.41) is 9.14. The largest absolute Gasteiger partial charge is 1.00 e. The van der Waals surface area contributed by atoms with Crippen LogP contribution in [0.4, 0.5) is 0 Å². The van der Waals surface area contributed by atoms with Crippen LogP contribution in [-0.2, 0) is 6.42 Å². The average Bonchev–Trinajstić information content (AvgIpc) is 2.73. The molecule has 1 amide bonds. The number of rotatable bonds is 19. The molecule has 0 aliphatic rings. The van der Waals surface area contributed by atoms with Crippen LogP contribution >= 0.6 is 0 Å². The maximum Gasteiger partial charge on any atom is 1.00 e. The van der Waals surface area contributed by atoms with Crippen LogP contribution in [0, 0.1) is 0 Å². The summed E-state index contributed by atoms with van der Waals surface area (Å²) in [4.78, 5) is 22.7. The number of carbonyl (C=O) groups excluding carboxylic acids is 1. The Kier molecular flexibility index (Phi) is 19.3. The van der Waals surface area contributed by atoms with Crippen LogP contribution in [0.3, 0.4) is 0 Å². The molecular weight excluding hydrogens is 397 g/mol. The van der Waals surface area contributed by atoms with Crippen molar-refractivity contribution in [2.24, 2.45) is 5.73 Å². The van der Waals surface area contributed by atoms with Crippen molar-refractivity contribution in [2.75, 3.05) is 0 Å². The van der Waals surface area contributed by atoms with Gasteiger partial charge in [0, 0.05) is 5.56 Å². The van der Waals surface area contributed by atoms with E-state index in [2.05, 4.69) is 6.92 Å². The number of carbonyl (C=O) groups is 2. The molecule has 1 aromatic rings. The van der Waals surface area contributed by atoms with Crippen LogP contribution in [-0.4, -0.2) is 17.0 Å². The molecule has 5 heteroatoms. The minimum Gasteiger partial charge on any atom is -1.00 e. The number of aryl methyl sites for hydroxylation is 1. The molecule has 4 nitrogen and oxygen atoms in total. The Morgan fingerprint density at radius 1 is 0.774 bits per heavy atom. The van der Waals surface area contributed by atoms with E-state index in [-0.39, 0.29) is 36.5 Å². The Labute approximate surface area is 213 Å². The molecule has 0 atom stereocenters. The Hall–Kier alpha value is -0.840. The van der Waals surface area contributed by atoms with E-state index in [9.17, 15) is 9.59 Å². The first-order valence-corrected chi connectivity index (χ1v) is 12.2. The van der Waals surface area contributed by atoms with E-state index in [0.717, 1.165) is 18.4 Å². The molecule has 3 N–H and O–H groups in total. The van der Waals surface area contributed by atoms with Crippen LogP contribution in [0.1, 0.15) is 137 Å². The van der Waals surface area contributed by atoms with Crippen molar-refractivity contribution in [1.29, 1.82) is 0 Å². The molecule has 0 aromatic heterocycles. The van der Waals surface area contributed by atoms with E-state index in [1.165, 1.54) is 102 Å². The predicted octanol–water partition coefficient (Wildman–Crippen LogP) is 4.40. The minimum atomic E-state index is -0.973. The summed E-state index contributed by atoms with van der Waals surface area (Å²) in [5.74, 6) is -1.46. The summed E-state index contributed by atoms with van der Waals surface area (Å²) < 4.78 is 0. The van der Waals surface area contributed by atoms with Gasteiger partial charge < -0.3 is 12.3 Å². The second-order valence-electron chi connectivity index (χ2n) is 8.59. The Balaban J connectivity index is 0. The van der Waals surface area contributed by atoms with Crippen LogP contribution in [0.25, 0.3) is 0 Å². The maximum absolute atomic E-state index is 11.5. The Morgan fingerprint density at radius 2 is 1.19 bits per heavy atom. The minimum absolute atomic E-state index is 0. The van der Waals surface area contributed by atoms with Gasteiger partial charge in [0.05, 0.1) is 5.56 Å². The van der Waals surface area contributed by atoms with E-state index in [1.54, 1.807) is 6.07 Å². The zero-order chi connectivity index (χ0) is 22.0. The molecule has 0 bridgehead atoms. The van der Waals surface area contributed by atoms with Gasteiger partial charge in [0.25, 0.3) is 0 Å². The summed E-state index contributed by atoms with van der Waals surface area (Å²) in [6, 6.07) is 4.57. The molecular formula is C26H44NNaO3. The molecule has 0 aliphatic carbocycles. The third-order valence-electron chi connectivity index (χ3n) is 5.92. The first-order valence-electron chi connectivity index (χ1n) is 12.2. The van der Waals surface area contributed by atoms with Gasteiger partial charge in [0.2, 0.25) is 5.91 Å². The number of amides is 1. The van der Waals surface area contributed by atoms with Crippen molar-refractivity contribution in [1.82, 2.24) is 0 Å². The standard InChI is InChI=1S/C26H43NO3.Na.H/c1-2-3-4-5-6-7-8-9-10-11-12-13-14-15-16-17-18-22-21-23(26(29)30)19-20-24(22)25(27)28;;/h19-21H,2-18H2,1H3,(H2,27,28)(H,29,30);;/q;+1;-1. The monoisotopic (exact) mass is 441 g/mol. The molecule has 0 fully saturated rings. The zero-order valence-electron chi connectivity index (χ0n) is 21.1. The summed E-state index contributed by atoms with van der Waals surface area (Å²) in [6.07, 6.45) is 21.8. The fourth-order valence-corrected chi connectivity index (χ4v) is 4.04. The Morgan fingerprint density at radius 3 is 1.58 bits per heavy atom. The van der Waals surface area contributed by atoms with Crippen molar-refractivity contribution in [2.45, 2.75) is 116 Å². The average molecular weight is 442 g/mol. The topological polar surface area (TPSA) is 80.4 Å². The van der Waals surface area contributed by atoms with E-state index in [1.807, 2.05) is 0 Å². The van der Waals surface area contributed by atoms with Gasteiger partial charge >= 0.3 is 35.5 Å². The molecule has 172 valence electrons. The van der Waals surface area contributed by atoms with E-state index >= 15 is 0 Å². The van der Waals surface area contributed by atoms with Gasteiger partial charge in [0.1, 0.15) is 0 Å². The van der Waals surface area contributed by atoms with Crippen LogP contribution < -0.4 is 35.3 Å². The predicted molar refractivity (Wildman–Crippen MR) is 126 cm³/mol. The number of hydrogen-bond acceptors (Lipinski definition) is 2. The summed E-state index contributed by atoms with van der Waals surface area (Å²) in [6.45, 7) is 2.27. The SMILES string of the molecule is CCCCCCCCCCCCCCCCCCc1cc(C(=O)O)ccc1C(N)=O.[H-].[Na+]. The molecule has 1 aromatic carbocycles. The molecule has 1 rings (SSSR count). The quantitative estimate of drug-likeness (QED) is 0.247. The van der Waals surface area contributed by atoms with Crippen molar-refractivity contribution in [3.8, 4) is 0 Å². The second-order valence-corrected chi connectivity index (χ2v) is 8.59. The molecule has 31 heavy (non-hydrogen) atoms. The third kappa shape index (κ3) is 14.8. The van der Waals surface area contributed by atoms with Gasteiger partial charge in [0.15, 0.2) is 0 Å². The number of nitrogens with two attached hydrogens (primary N) is 1. The van der Waals surface area contributed by atoms with E-state index in [0.29, 0.717) is 12.0 Å². The van der Waals surface area contributed by atoms with Crippen molar-refractivity contribution in [3.63, 3.8) is 0 Å². The first-order chi connectivity index (χ1) is 14.6. The number of aromatic carboxylic acids is 1. The summed E-state index contributed by atoms with van der Waals surface area (Å²) >= 11 is 0. The van der Waals surface area contributed by atoms with Crippen molar-refractivity contribution in [3.05, 3.63) is 34.9 Å². The van der Waals surface area contributed by atoms with Gasteiger partial charge in [-0.1, -0.05) is 103 Å². The molecule has 0 saturated carbocycles. The fraction of sp³-hybridized carbons (Fsp3) is 0.692. The normalized spacial score (nSPS) is 10.6. The third-order valence-corrected chi connectivity index (χ3v) is 5.92. The summed E-state index contributed by atoms with van der Waals surface area (Å²) in [7, 11) is 0. The van der Waals surface area contributed by atoms with Crippen LogP contribution in [0.2, 0.25) is 0 Å². The van der Waals surface area contributed by atoms with E-state index in [4.69, 9.17) is 10.8 Å². The number of hydrogen-bond donors (Lipinski definition) is 2. The van der Waals surface area contributed by atoms with Gasteiger partial charge in [-0.2, -0.15) is 0 Å². The number of unbranched alkanes of at least 4 members (excludes halogenated alkanes) is 15. The van der Waals surface area contributed by atoms with Gasteiger partial charge in [-0.25, -0.2) is 4.79 Å². The number of primary amides is 1. The van der Waals surface area contributed by atoms with Crippen LogP contribution in [0.5, 0.6) is 0 Å². The second kappa shape index (κ2) is 19.8. The number of carboxylic acid groups (broad SMARTS) is 1. The van der Waals surface area contributed by atoms with E-state index < -0.39 is 11.9 Å². The zero-order valence-corrected chi connectivity index (χ0v) is 22.1. The van der Waals surface area contributed by atoms with Crippen LogP contribution in [0.15, 0.2) is 18.2 Å². The smallest absolute Gasteiger partial charge is 1.00 e. The van der Waals surface area contributed by atoms with Gasteiger partial charge in [-0.15, -0.1) is 0 Å². The first kappa shape index (κ1) is 30.2. The summed E-state index contributed by atoms with van der Waals surface area (Å²) in [5.41, 5.74) is 6.83. The van der Waals surface area contributed by atoms with Gasteiger partial charge in [-0.05, 0) is 36.6 Å². The molecule has 0 unspecified atom stereocenters. The Bertz CT molecular complexity index is 625. The van der Waals surface area contributed by atoms with Crippen molar-refractivity contribution >= 4 is 11.9 Å². The molecule has 0 saturated heterocycles. The molecule has 0 aliphatic heterocycles. The maximum atomic E-state index is 11.5. The number of benzene rings is 1. The molecule has 0 spiro atoms. The van der Waals surface area contributed by atoms with Crippen molar-refractivity contribution < 1.29 is 45.7 Å².